The van der Waals surface area contributed by atoms with Gasteiger partial charge in [-0.2, -0.15) is 0 Å². The molecule has 1 aliphatic heterocycles. The Kier molecular flexibility index (Phi) is 6.93. The maximum atomic E-state index is 13.3. The standard InChI is InChI=1S/C25H29NO4/c1-5-10-30-21-13-17(2)11-19(14-21)25(28)26-15-18(3)12-20(16-26)24(27)22-8-6-7-9-23(22)29-4/h5-9,11,13-14,18,20H,1,10,12,15-16H2,2-4H3. The Morgan fingerprint density at radius 3 is 2.70 bits per heavy atom. The molecule has 0 aromatic heterocycles. The van der Waals surface area contributed by atoms with Crippen LogP contribution in [0.15, 0.2) is 55.1 Å². The van der Waals surface area contributed by atoms with Crippen LogP contribution < -0.4 is 9.47 Å². The molecule has 1 saturated heterocycles. The number of benzene rings is 2. The second-order valence-corrected chi connectivity index (χ2v) is 7.95. The zero-order chi connectivity index (χ0) is 21.7. The van der Waals surface area contributed by atoms with Gasteiger partial charge in [-0.25, -0.2) is 0 Å². The van der Waals surface area contributed by atoms with Gasteiger partial charge < -0.3 is 14.4 Å². The van der Waals surface area contributed by atoms with Crippen molar-refractivity contribution in [2.24, 2.45) is 11.8 Å². The number of carbonyl (C=O) groups excluding carboxylic acids is 2. The third-order valence-corrected chi connectivity index (χ3v) is 5.36. The second-order valence-electron chi connectivity index (χ2n) is 7.95. The highest BCUT2D eigenvalue weighted by Crippen LogP contribution is 2.29. The van der Waals surface area contributed by atoms with Gasteiger partial charge in [0.25, 0.3) is 5.91 Å². The summed E-state index contributed by atoms with van der Waals surface area (Å²) in [7, 11) is 1.56. The van der Waals surface area contributed by atoms with Crippen molar-refractivity contribution in [3.05, 3.63) is 71.8 Å². The van der Waals surface area contributed by atoms with Crippen molar-refractivity contribution in [1.82, 2.24) is 4.90 Å². The van der Waals surface area contributed by atoms with Crippen LogP contribution in [0.4, 0.5) is 0 Å². The van der Waals surface area contributed by atoms with Gasteiger partial charge in [0.15, 0.2) is 5.78 Å². The first-order valence-corrected chi connectivity index (χ1v) is 10.2. The molecule has 158 valence electrons. The lowest BCUT2D eigenvalue weighted by atomic mass is 9.84. The van der Waals surface area contributed by atoms with E-state index in [1.54, 1.807) is 36.3 Å². The molecular weight excluding hydrogens is 378 g/mol. The van der Waals surface area contributed by atoms with Crippen molar-refractivity contribution >= 4 is 11.7 Å². The number of carbonyl (C=O) groups is 2. The molecule has 2 atom stereocenters. The van der Waals surface area contributed by atoms with E-state index in [1.807, 2.05) is 31.2 Å². The summed E-state index contributed by atoms with van der Waals surface area (Å²) in [6.07, 6.45) is 2.42. The topological polar surface area (TPSA) is 55.8 Å². The molecule has 5 nitrogen and oxygen atoms in total. The first kappa shape index (κ1) is 21.6. The quantitative estimate of drug-likeness (QED) is 0.499. The molecule has 0 N–H and O–H groups in total. The molecular formula is C25H29NO4. The molecule has 0 bridgehead atoms. The van der Waals surface area contributed by atoms with Crippen LogP contribution in [0.25, 0.3) is 0 Å². The van der Waals surface area contributed by atoms with E-state index in [1.165, 1.54) is 0 Å². The highest BCUT2D eigenvalue weighted by Gasteiger charge is 2.33. The largest absolute Gasteiger partial charge is 0.496 e. The average Bonchev–Trinajstić information content (AvgIpc) is 2.75. The molecule has 0 radical (unpaired) electrons. The Balaban J connectivity index is 1.81. The number of aryl methyl sites for hydroxylation is 1. The van der Waals surface area contributed by atoms with Gasteiger partial charge in [0.1, 0.15) is 18.1 Å². The van der Waals surface area contributed by atoms with Gasteiger partial charge in [0, 0.05) is 24.6 Å². The van der Waals surface area contributed by atoms with E-state index >= 15 is 0 Å². The lowest BCUT2D eigenvalue weighted by molar-refractivity contribution is 0.0570. The number of methoxy groups -OCH3 is 1. The summed E-state index contributed by atoms with van der Waals surface area (Å²) in [5, 5.41) is 0. The van der Waals surface area contributed by atoms with E-state index in [9.17, 15) is 9.59 Å². The minimum absolute atomic E-state index is 0.0241. The number of ketones is 1. The molecule has 1 aliphatic rings. The van der Waals surface area contributed by atoms with E-state index in [0.717, 1.165) is 12.0 Å². The zero-order valence-electron chi connectivity index (χ0n) is 17.9. The van der Waals surface area contributed by atoms with Gasteiger partial charge >= 0.3 is 0 Å². The molecule has 0 spiro atoms. The number of ether oxygens (including phenoxy) is 2. The van der Waals surface area contributed by atoms with E-state index in [0.29, 0.717) is 42.3 Å². The summed E-state index contributed by atoms with van der Waals surface area (Å²) in [5.41, 5.74) is 2.10. The Morgan fingerprint density at radius 1 is 1.20 bits per heavy atom. The summed E-state index contributed by atoms with van der Waals surface area (Å²) in [5.74, 6) is 1.14. The second kappa shape index (κ2) is 9.61. The van der Waals surface area contributed by atoms with Crippen molar-refractivity contribution in [2.75, 3.05) is 26.8 Å². The van der Waals surface area contributed by atoms with E-state index < -0.39 is 0 Å². The molecule has 30 heavy (non-hydrogen) atoms. The summed E-state index contributed by atoms with van der Waals surface area (Å²) >= 11 is 0. The van der Waals surface area contributed by atoms with Crippen molar-refractivity contribution in [3.8, 4) is 11.5 Å². The number of hydrogen-bond acceptors (Lipinski definition) is 4. The van der Waals surface area contributed by atoms with Crippen LogP contribution in [-0.4, -0.2) is 43.4 Å². The maximum absolute atomic E-state index is 13.3. The Hall–Kier alpha value is -3.08. The lowest BCUT2D eigenvalue weighted by Crippen LogP contribution is -2.45. The number of para-hydroxylation sites is 1. The number of piperidine rings is 1. The molecule has 0 aliphatic carbocycles. The smallest absolute Gasteiger partial charge is 0.254 e. The molecule has 0 saturated carbocycles. The van der Waals surface area contributed by atoms with Crippen LogP contribution in [-0.2, 0) is 0 Å². The number of nitrogens with zero attached hydrogens (tertiary/aromatic N) is 1. The van der Waals surface area contributed by atoms with E-state index in [4.69, 9.17) is 9.47 Å². The highest BCUT2D eigenvalue weighted by molar-refractivity contribution is 6.01. The SMILES string of the molecule is C=CCOc1cc(C)cc(C(=O)N2CC(C)CC(C(=O)c3ccccc3OC)C2)c1. The van der Waals surface area contributed by atoms with Gasteiger partial charge in [0.2, 0.25) is 0 Å². The van der Waals surface area contributed by atoms with Gasteiger partial charge in [-0.3, -0.25) is 9.59 Å². The van der Waals surface area contributed by atoms with Gasteiger partial charge in [-0.15, -0.1) is 0 Å². The minimum Gasteiger partial charge on any atom is -0.496 e. The van der Waals surface area contributed by atoms with Crippen molar-refractivity contribution in [1.29, 1.82) is 0 Å². The lowest BCUT2D eigenvalue weighted by Gasteiger charge is -2.36. The molecule has 2 aromatic carbocycles. The van der Waals surface area contributed by atoms with Crippen molar-refractivity contribution in [2.45, 2.75) is 20.3 Å². The van der Waals surface area contributed by atoms with Crippen LogP contribution in [0.1, 0.15) is 39.6 Å². The molecule has 2 aromatic rings. The summed E-state index contributed by atoms with van der Waals surface area (Å²) in [6, 6.07) is 12.8. The maximum Gasteiger partial charge on any atom is 0.254 e. The highest BCUT2D eigenvalue weighted by atomic mass is 16.5. The fraction of sp³-hybridized carbons (Fsp3) is 0.360. The summed E-state index contributed by atoms with van der Waals surface area (Å²) in [4.78, 5) is 28.3. The third kappa shape index (κ3) is 4.90. The number of hydrogen-bond donors (Lipinski definition) is 0. The van der Waals surface area contributed by atoms with Gasteiger partial charge in [-0.1, -0.05) is 31.7 Å². The molecule has 5 heteroatoms. The van der Waals surface area contributed by atoms with Gasteiger partial charge in [0.05, 0.1) is 12.7 Å². The predicted molar refractivity (Wildman–Crippen MR) is 117 cm³/mol. The summed E-state index contributed by atoms with van der Waals surface area (Å²) in [6.45, 7) is 9.09. The predicted octanol–water partition coefficient (Wildman–Crippen LogP) is 4.55. The van der Waals surface area contributed by atoms with Crippen LogP contribution >= 0.6 is 0 Å². The molecule has 1 fully saturated rings. The first-order valence-electron chi connectivity index (χ1n) is 10.2. The van der Waals surface area contributed by atoms with Crippen LogP contribution in [0, 0.1) is 18.8 Å². The zero-order valence-corrected chi connectivity index (χ0v) is 17.9. The first-order chi connectivity index (χ1) is 14.4. The van der Waals surface area contributed by atoms with E-state index in [2.05, 4.69) is 13.5 Å². The van der Waals surface area contributed by atoms with Crippen molar-refractivity contribution in [3.63, 3.8) is 0 Å². The van der Waals surface area contributed by atoms with Crippen LogP contribution in [0.3, 0.4) is 0 Å². The fourth-order valence-electron chi connectivity index (χ4n) is 4.07. The van der Waals surface area contributed by atoms with Crippen LogP contribution in [0.2, 0.25) is 0 Å². The Bertz CT molecular complexity index is 936. The molecule has 1 heterocycles. The molecule has 3 rings (SSSR count). The van der Waals surface area contributed by atoms with E-state index in [-0.39, 0.29) is 23.5 Å². The number of likely N-dealkylation sites (tertiary alicyclic amines) is 1. The third-order valence-electron chi connectivity index (χ3n) is 5.36. The number of amides is 1. The fourth-order valence-corrected chi connectivity index (χ4v) is 4.07. The molecule has 2 unspecified atom stereocenters. The van der Waals surface area contributed by atoms with Gasteiger partial charge in [-0.05, 0) is 55.2 Å². The molecule has 1 amide bonds. The average molecular weight is 408 g/mol. The van der Waals surface area contributed by atoms with Crippen LogP contribution in [0.5, 0.6) is 11.5 Å². The number of rotatable bonds is 7. The normalized spacial score (nSPS) is 18.6. The number of Topliss-reactive ketones (excluding diaryl/α,β-unsaturated/α-hetero) is 1. The monoisotopic (exact) mass is 407 g/mol. The summed E-state index contributed by atoms with van der Waals surface area (Å²) < 4.78 is 11.0. The Labute approximate surface area is 178 Å². The van der Waals surface area contributed by atoms with Crippen molar-refractivity contribution < 1.29 is 19.1 Å². The Morgan fingerprint density at radius 2 is 1.97 bits per heavy atom. The minimum atomic E-state index is -0.254.